The fourth-order valence-corrected chi connectivity index (χ4v) is 5.16. The van der Waals surface area contributed by atoms with Gasteiger partial charge in [0.05, 0.1) is 11.6 Å². The Morgan fingerprint density at radius 3 is 2.75 bits per heavy atom. The molecular weight excluding hydrogens is 518 g/mol. The van der Waals surface area contributed by atoms with Gasteiger partial charge in [0.2, 0.25) is 0 Å². The molecule has 2 amide bonds. The van der Waals surface area contributed by atoms with E-state index in [9.17, 15) is 24.3 Å². The molecule has 0 radical (unpaired) electrons. The van der Waals surface area contributed by atoms with Crippen molar-refractivity contribution in [2.24, 2.45) is 0 Å². The second kappa shape index (κ2) is 9.45. The number of amides is 2. The van der Waals surface area contributed by atoms with Gasteiger partial charge in [-0.15, -0.1) is 5.10 Å². The first-order valence-electron chi connectivity index (χ1n) is 12.5. The number of aromatic carboxylic acids is 1. The van der Waals surface area contributed by atoms with Crippen molar-refractivity contribution in [3.63, 3.8) is 0 Å². The van der Waals surface area contributed by atoms with Gasteiger partial charge in [-0.3, -0.25) is 9.59 Å². The van der Waals surface area contributed by atoms with Crippen molar-refractivity contribution < 1.29 is 23.9 Å². The van der Waals surface area contributed by atoms with E-state index in [-0.39, 0.29) is 29.3 Å². The number of hydrogen-bond acceptors (Lipinski definition) is 8. The van der Waals surface area contributed by atoms with Gasteiger partial charge in [-0.05, 0) is 66.3 Å². The number of hydrogen-bond donors (Lipinski definition) is 4. The van der Waals surface area contributed by atoms with Crippen LogP contribution in [-0.2, 0) is 13.0 Å². The SMILES string of the molecule is Cc1nc2cc(CNC(=O)c3cc(C(=O)N[C@H]4CCc5c4ccc(C(=O)O)c5C)n4c(=O)[nH]nc4n3)ccc2o1. The molecule has 5 aromatic rings. The van der Waals surface area contributed by atoms with E-state index in [0.717, 1.165) is 21.1 Å². The zero-order valence-corrected chi connectivity index (χ0v) is 21.4. The van der Waals surface area contributed by atoms with Crippen LogP contribution in [0.5, 0.6) is 0 Å². The number of rotatable bonds is 6. The van der Waals surface area contributed by atoms with Crippen LogP contribution < -0.4 is 16.3 Å². The van der Waals surface area contributed by atoms with Crippen molar-refractivity contribution in [3.8, 4) is 0 Å². The maximum absolute atomic E-state index is 13.4. The van der Waals surface area contributed by atoms with Crippen LogP contribution in [0.25, 0.3) is 16.9 Å². The zero-order chi connectivity index (χ0) is 28.1. The first-order valence-corrected chi connectivity index (χ1v) is 12.5. The van der Waals surface area contributed by atoms with Crippen LogP contribution in [0.2, 0.25) is 0 Å². The zero-order valence-electron chi connectivity index (χ0n) is 21.4. The average molecular weight is 542 g/mol. The first-order chi connectivity index (χ1) is 19.2. The normalized spacial score (nSPS) is 14.4. The molecule has 40 heavy (non-hydrogen) atoms. The molecule has 3 aromatic heterocycles. The van der Waals surface area contributed by atoms with Crippen LogP contribution in [-0.4, -0.2) is 47.5 Å². The third-order valence-corrected chi connectivity index (χ3v) is 7.10. The molecule has 202 valence electrons. The van der Waals surface area contributed by atoms with Crippen LogP contribution >= 0.6 is 0 Å². The second-order valence-corrected chi connectivity index (χ2v) is 9.58. The summed E-state index contributed by atoms with van der Waals surface area (Å²) in [5, 5.41) is 21.2. The summed E-state index contributed by atoms with van der Waals surface area (Å²) in [7, 11) is 0. The van der Waals surface area contributed by atoms with Crippen LogP contribution in [0.3, 0.4) is 0 Å². The minimum absolute atomic E-state index is 0.0937. The van der Waals surface area contributed by atoms with Gasteiger partial charge in [0.25, 0.3) is 17.6 Å². The fourth-order valence-electron chi connectivity index (χ4n) is 5.16. The number of aromatic amines is 1. The average Bonchev–Trinajstić information content (AvgIpc) is 3.62. The monoisotopic (exact) mass is 541 g/mol. The van der Waals surface area contributed by atoms with Crippen molar-refractivity contribution in [3.05, 3.63) is 92.0 Å². The number of benzene rings is 2. The summed E-state index contributed by atoms with van der Waals surface area (Å²) < 4.78 is 6.48. The second-order valence-electron chi connectivity index (χ2n) is 9.58. The summed E-state index contributed by atoms with van der Waals surface area (Å²) in [6.07, 6.45) is 1.15. The summed E-state index contributed by atoms with van der Waals surface area (Å²) in [5.74, 6) is -1.77. The number of carboxylic acid groups (broad SMARTS) is 1. The minimum Gasteiger partial charge on any atom is -0.478 e. The van der Waals surface area contributed by atoms with Crippen LogP contribution in [0, 0.1) is 13.8 Å². The lowest BCUT2D eigenvalue weighted by atomic mass is 9.98. The third kappa shape index (κ3) is 4.26. The van der Waals surface area contributed by atoms with Gasteiger partial charge in [0, 0.05) is 13.5 Å². The van der Waals surface area contributed by atoms with Gasteiger partial charge in [-0.2, -0.15) is 0 Å². The molecule has 0 aliphatic heterocycles. The molecule has 6 rings (SSSR count). The molecule has 0 saturated carbocycles. The summed E-state index contributed by atoms with van der Waals surface area (Å²) in [5.41, 5.74) is 3.79. The topological polar surface area (TPSA) is 185 Å². The van der Waals surface area contributed by atoms with Crippen molar-refractivity contribution in [2.75, 3.05) is 0 Å². The molecule has 13 nitrogen and oxygen atoms in total. The van der Waals surface area contributed by atoms with Crippen LogP contribution in [0.4, 0.5) is 0 Å². The Morgan fingerprint density at radius 2 is 1.95 bits per heavy atom. The van der Waals surface area contributed by atoms with Crippen LogP contribution in [0.15, 0.2) is 45.6 Å². The molecule has 2 aromatic carbocycles. The number of aromatic nitrogens is 5. The van der Waals surface area contributed by atoms with Crippen molar-refractivity contribution in [2.45, 2.75) is 39.3 Å². The van der Waals surface area contributed by atoms with E-state index in [1.54, 1.807) is 38.1 Å². The van der Waals surface area contributed by atoms with E-state index in [0.29, 0.717) is 35.4 Å². The van der Waals surface area contributed by atoms with E-state index in [1.807, 2.05) is 0 Å². The number of oxazole rings is 1. The summed E-state index contributed by atoms with van der Waals surface area (Å²) >= 11 is 0. The number of H-pyrrole nitrogens is 1. The van der Waals surface area contributed by atoms with E-state index in [1.165, 1.54) is 12.1 Å². The molecule has 0 spiro atoms. The highest BCUT2D eigenvalue weighted by Gasteiger charge is 2.29. The Bertz CT molecular complexity index is 1920. The maximum atomic E-state index is 13.4. The molecule has 1 atom stereocenters. The molecule has 0 bridgehead atoms. The third-order valence-electron chi connectivity index (χ3n) is 7.10. The number of fused-ring (bicyclic) bond motifs is 3. The lowest BCUT2D eigenvalue weighted by Crippen LogP contribution is -2.32. The number of carbonyl (C=O) groups is 3. The quantitative estimate of drug-likeness (QED) is 0.250. The number of carbonyl (C=O) groups excluding carboxylic acids is 2. The van der Waals surface area contributed by atoms with E-state index in [2.05, 4.69) is 30.8 Å². The van der Waals surface area contributed by atoms with Gasteiger partial charge in [0.15, 0.2) is 11.5 Å². The number of carboxylic acids is 1. The summed E-state index contributed by atoms with van der Waals surface area (Å²) in [4.78, 5) is 58.9. The Labute approximate surface area is 225 Å². The molecule has 3 heterocycles. The Balaban J connectivity index is 1.25. The Hall–Kier alpha value is -5.33. The molecule has 0 unspecified atom stereocenters. The van der Waals surface area contributed by atoms with E-state index < -0.39 is 29.5 Å². The lowest BCUT2D eigenvalue weighted by molar-refractivity contribution is 0.0695. The maximum Gasteiger partial charge on any atom is 0.349 e. The Kier molecular flexibility index (Phi) is 5.90. The molecule has 1 aliphatic rings. The highest BCUT2D eigenvalue weighted by molar-refractivity contribution is 5.98. The molecule has 4 N–H and O–H groups in total. The predicted molar refractivity (Wildman–Crippen MR) is 140 cm³/mol. The summed E-state index contributed by atoms with van der Waals surface area (Å²) in [6, 6.07) is 9.44. The Morgan fingerprint density at radius 1 is 1.12 bits per heavy atom. The highest BCUT2D eigenvalue weighted by atomic mass is 16.4. The standard InChI is InChI=1S/C27H23N7O6/c1-12-15-6-7-18(17(15)5-4-16(12)25(37)38)30-24(36)21-10-20(31-26-32-33-27(39)34(21)26)23(35)28-11-14-3-8-22-19(9-14)29-13(2)40-22/h3-5,8-10,18H,6-7,11H2,1-2H3,(H,28,35)(H,30,36)(H,33,39)(H,37,38)/t18-/m0/s1. The first kappa shape index (κ1) is 25.0. The molecule has 13 heteroatoms. The van der Waals surface area contributed by atoms with Gasteiger partial charge < -0.3 is 20.2 Å². The van der Waals surface area contributed by atoms with Crippen molar-refractivity contribution in [1.29, 1.82) is 0 Å². The van der Waals surface area contributed by atoms with E-state index >= 15 is 0 Å². The minimum atomic E-state index is -1.01. The van der Waals surface area contributed by atoms with Crippen molar-refractivity contribution >= 4 is 34.7 Å². The highest BCUT2D eigenvalue weighted by Crippen LogP contribution is 2.35. The van der Waals surface area contributed by atoms with Crippen molar-refractivity contribution in [1.82, 2.24) is 35.2 Å². The van der Waals surface area contributed by atoms with Gasteiger partial charge >= 0.3 is 11.7 Å². The smallest absolute Gasteiger partial charge is 0.349 e. The number of aryl methyl sites for hydroxylation is 1. The predicted octanol–water partition coefficient (Wildman–Crippen LogP) is 2.22. The van der Waals surface area contributed by atoms with Gasteiger partial charge in [-0.25, -0.2) is 29.1 Å². The molecule has 1 aliphatic carbocycles. The molecular formula is C27H23N7O6. The fraction of sp³-hybridized carbons (Fsp3) is 0.222. The number of nitrogens with zero attached hydrogens (tertiary/aromatic N) is 4. The molecule has 0 fully saturated rings. The molecule has 0 saturated heterocycles. The van der Waals surface area contributed by atoms with E-state index in [4.69, 9.17) is 4.42 Å². The largest absolute Gasteiger partial charge is 0.478 e. The number of nitrogens with one attached hydrogen (secondary N) is 3. The summed E-state index contributed by atoms with van der Waals surface area (Å²) in [6.45, 7) is 3.66. The lowest BCUT2D eigenvalue weighted by Gasteiger charge is -2.16. The van der Waals surface area contributed by atoms with Crippen LogP contribution in [0.1, 0.15) is 71.9 Å². The van der Waals surface area contributed by atoms with Gasteiger partial charge in [0.1, 0.15) is 16.9 Å². The van der Waals surface area contributed by atoms with Gasteiger partial charge in [-0.1, -0.05) is 12.1 Å².